The van der Waals surface area contributed by atoms with E-state index in [1.54, 1.807) is 0 Å². The number of aromatic amines is 1. The maximum atomic E-state index is 13.2. The molecule has 1 aromatic heterocycles. The molecule has 0 aliphatic heterocycles. The van der Waals surface area contributed by atoms with Gasteiger partial charge in [0, 0.05) is 12.6 Å². The van der Waals surface area contributed by atoms with Crippen molar-refractivity contribution in [3.05, 3.63) is 63.9 Å². The summed E-state index contributed by atoms with van der Waals surface area (Å²) in [6.45, 7) is 2.59. The molecule has 0 bridgehead atoms. The van der Waals surface area contributed by atoms with Gasteiger partial charge in [-0.2, -0.15) is 0 Å². The molecule has 0 aliphatic carbocycles. The molecule has 0 unspecified atom stereocenters. The smallest absolute Gasteiger partial charge is 0.178 e. The monoisotopic (exact) mass is 304 g/mol. The first-order valence-corrected chi connectivity index (χ1v) is 7.08. The Kier molecular flexibility index (Phi) is 3.59. The van der Waals surface area contributed by atoms with Crippen molar-refractivity contribution in [1.82, 2.24) is 9.55 Å². The van der Waals surface area contributed by atoms with Crippen molar-refractivity contribution < 1.29 is 8.78 Å². The van der Waals surface area contributed by atoms with Crippen LogP contribution in [-0.4, -0.2) is 9.55 Å². The van der Waals surface area contributed by atoms with Crippen LogP contribution in [0.2, 0.25) is 0 Å². The summed E-state index contributed by atoms with van der Waals surface area (Å²) in [5.74, 6) is -1.10. The van der Waals surface area contributed by atoms with E-state index < -0.39 is 11.6 Å². The lowest BCUT2D eigenvalue weighted by Gasteiger charge is -2.06. The van der Waals surface area contributed by atoms with Crippen LogP contribution in [0.15, 0.2) is 36.4 Å². The second-order valence-electron chi connectivity index (χ2n) is 5.08. The second-order valence-corrected chi connectivity index (χ2v) is 5.47. The van der Waals surface area contributed by atoms with E-state index in [2.05, 4.69) is 4.98 Å². The molecule has 0 aliphatic rings. The fourth-order valence-corrected chi connectivity index (χ4v) is 2.83. The van der Waals surface area contributed by atoms with Crippen LogP contribution in [0, 0.1) is 23.3 Å². The molecule has 0 saturated heterocycles. The van der Waals surface area contributed by atoms with Crippen molar-refractivity contribution in [3.63, 3.8) is 0 Å². The van der Waals surface area contributed by atoms with E-state index in [4.69, 9.17) is 12.2 Å². The third kappa shape index (κ3) is 2.74. The predicted molar refractivity (Wildman–Crippen MR) is 81.9 cm³/mol. The summed E-state index contributed by atoms with van der Waals surface area (Å²) in [5.41, 5.74) is 3.76. The van der Waals surface area contributed by atoms with Crippen LogP contribution < -0.4 is 0 Å². The number of hydrogen-bond acceptors (Lipinski definition) is 1. The van der Waals surface area contributed by atoms with Gasteiger partial charge in [0.05, 0.1) is 11.0 Å². The molecule has 0 atom stereocenters. The zero-order valence-electron chi connectivity index (χ0n) is 11.5. The maximum Gasteiger partial charge on any atom is 0.178 e. The molecule has 3 rings (SSSR count). The number of nitrogens with zero attached hydrogens (tertiary/aromatic N) is 1. The summed E-state index contributed by atoms with van der Waals surface area (Å²) in [6.07, 6.45) is 0.518. The zero-order chi connectivity index (χ0) is 15.0. The molecule has 0 fully saturated rings. The van der Waals surface area contributed by atoms with Crippen LogP contribution in [-0.2, 0) is 13.0 Å². The molecule has 2 aromatic carbocycles. The fourth-order valence-electron chi connectivity index (χ4n) is 2.54. The lowest BCUT2D eigenvalue weighted by atomic mass is 10.1. The quantitative estimate of drug-likeness (QED) is 0.705. The third-order valence-electron chi connectivity index (χ3n) is 3.57. The topological polar surface area (TPSA) is 20.7 Å². The van der Waals surface area contributed by atoms with Crippen molar-refractivity contribution in [1.29, 1.82) is 0 Å². The minimum absolute atomic E-state index is 0.518. The Bertz CT molecular complexity index is 844. The average Bonchev–Trinajstić information content (AvgIpc) is 2.73. The molecular weight excluding hydrogens is 290 g/mol. The van der Waals surface area contributed by atoms with Crippen LogP contribution in [0.25, 0.3) is 11.0 Å². The van der Waals surface area contributed by atoms with Crippen molar-refractivity contribution in [2.24, 2.45) is 0 Å². The largest absolute Gasteiger partial charge is 0.330 e. The molecule has 5 heteroatoms. The van der Waals surface area contributed by atoms with Gasteiger partial charge < -0.3 is 9.55 Å². The zero-order valence-corrected chi connectivity index (χ0v) is 12.3. The third-order valence-corrected chi connectivity index (χ3v) is 3.89. The molecule has 0 amide bonds. The molecule has 21 heavy (non-hydrogen) atoms. The number of imidazole rings is 1. The van der Waals surface area contributed by atoms with Crippen molar-refractivity contribution in [2.75, 3.05) is 0 Å². The summed E-state index contributed by atoms with van der Waals surface area (Å²) >= 11 is 5.34. The van der Waals surface area contributed by atoms with E-state index >= 15 is 0 Å². The van der Waals surface area contributed by atoms with Gasteiger partial charge in [-0.1, -0.05) is 12.1 Å². The number of fused-ring (bicyclic) bond motifs is 1. The van der Waals surface area contributed by atoms with Crippen LogP contribution in [0.1, 0.15) is 11.1 Å². The van der Waals surface area contributed by atoms with Gasteiger partial charge in [-0.3, -0.25) is 0 Å². The van der Waals surface area contributed by atoms with Crippen molar-refractivity contribution >= 4 is 23.3 Å². The number of aryl methyl sites for hydroxylation is 3. The number of halogens is 2. The van der Waals surface area contributed by atoms with E-state index in [0.29, 0.717) is 23.3 Å². The SMILES string of the molecule is Cc1cccc2c1[nH]c(=S)n2CCc1cc(F)cc(F)c1. The van der Waals surface area contributed by atoms with Crippen LogP contribution >= 0.6 is 12.2 Å². The van der Waals surface area contributed by atoms with Gasteiger partial charge >= 0.3 is 0 Å². The fraction of sp³-hybridized carbons (Fsp3) is 0.188. The van der Waals surface area contributed by atoms with E-state index in [9.17, 15) is 8.78 Å². The number of rotatable bonds is 3. The van der Waals surface area contributed by atoms with E-state index in [0.717, 1.165) is 22.7 Å². The van der Waals surface area contributed by atoms with Gasteiger partial charge in [0.1, 0.15) is 11.6 Å². The summed E-state index contributed by atoms with van der Waals surface area (Å²) in [4.78, 5) is 3.18. The molecule has 0 saturated carbocycles. The van der Waals surface area contributed by atoms with Gasteiger partial charge in [-0.25, -0.2) is 8.78 Å². The van der Waals surface area contributed by atoms with E-state index in [1.165, 1.54) is 12.1 Å². The van der Waals surface area contributed by atoms with Gasteiger partial charge in [0.2, 0.25) is 0 Å². The maximum absolute atomic E-state index is 13.2. The van der Waals surface area contributed by atoms with Crippen LogP contribution in [0.4, 0.5) is 8.78 Å². The molecule has 1 N–H and O–H groups in total. The molecule has 108 valence electrons. The van der Waals surface area contributed by atoms with Gasteiger partial charge in [0.25, 0.3) is 0 Å². The minimum Gasteiger partial charge on any atom is -0.330 e. The van der Waals surface area contributed by atoms with E-state index in [-0.39, 0.29) is 0 Å². The molecule has 0 radical (unpaired) electrons. The van der Waals surface area contributed by atoms with E-state index in [1.807, 2.05) is 29.7 Å². The second kappa shape index (κ2) is 5.41. The Balaban J connectivity index is 1.93. The van der Waals surface area contributed by atoms with Gasteiger partial charge in [-0.05, 0) is 54.9 Å². The summed E-state index contributed by atoms with van der Waals surface area (Å²) in [5, 5.41) is 0. The Morgan fingerprint density at radius 3 is 2.57 bits per heavy atom. The first-order valence-electron chi connectivity index (χ1n) is 6.68. The highest BCUT2D eigenvalue weighted by molar-refractivity contribution is 7.71. The number of H-pyrrole nitrogens is 1. The first kappa shape index (κ1) is 13.9. The summed E-state index contributed by atoms with van der Waals surface area (Å²) in [7, 11) is 0. The number of benzene rings is 2. The first-order chi connectivity index (χ1) is 10.0. The Labute approximate surface area is 126 Å². The molecule has 2 nitrogen and oxygen atoms in total. The predicted octanol–water partition coefficient (Wildman–Crippen LogP) is 4.53. The summed E-state index contributed by atoms with van der Waals surface area (Å²) in [6, 6.07) is 9.56. The molecule has 3 aromatic rings. The Morgan fingerprint density at radius 2 is 1.86 bits per heavy atom. The minimum atomic E-state index is -0.552. The van der Waals surface area contributed by atoms with Gasteiger partial charge in [0.15, 0.2) is 4.77 Å². The summed E-state index contributed by atoms with van der Waals surface area (Å²) < 4.78 is 29.0. The number of aromatic nitrogens is 2. The van der Waals surface area contributed by atoms with Crippen LogP contribution in [0.3, 0.4) is 0 Å². The highest BCUT2D eigenvalue weighted by Crippen LogP contribution is 2.18. The lowest BCUT2D eigenvalue weighted by molar-refractivity contribution is 0.577. The molecule has 1 heterocycles. The Hall–Kier alpha value is -2.01. The standard InChI is InChI=1S/C16H14F2N2S/c1-10-3-2-4-14-15(10)19-16(21)20(14)6-5-11-7-12(17)9-13(18)8-11/h2-4,7-9H,5-6H2,1H3,(H,19,21). The van der Waals surface area contributed by atoms with Crippen molar-refractivity contribution in [2.45, 2.75) is 19.9 Å². The lowest BCUT2D eigenvalue weighted by Crippen LogP contribution is -2.02. The number of nitrogens with one attached hydrogen (secondary N) is 1. The number of para-hydroxylation sites is 1. The van der Waals surface area contributed by atoms with Crippen molar-refractivity contribution in [3.8, 4) is 0 Å². The molecule has 0 spiro atoms. The number of hydrogen-bond donors (Lipinski definition) is 1. The highest BCUT2D eigenvalue weighted by Gasteiger charge is 2.07. The highest BCUT2D eigenvalue weighted by atomic mass is 32.1. The normalized spacial score (nSPS) is 11.2. The van der Waals surface area contributed by atoms with Gasteiger partial charge in [-0.15, -0.1) is 0 Å². The Morgan fingerprint density at radius 1 is 1.14 bits per heavy atom. The molecular formula is C16H14F2N2S. The average molecular weight is 304 g/mol. The van der Waals surface area contributed by atoms with Crippen LogP contribution in [0.5, 0.6) is 0 Å².